The number of rotatable bonds is 3. The Morgan fingerprint density at radius 1 is 1.33 bits per heavy atom. The lowest BCUT2D eigenvalue weighted by molar-refractivity contribution is 0.0593. The van der Waals surface area contributed by atoms with Gasteiger partial charge in [0.2, 0.25) is 0 Å². The van der Waals surface area contributed by atoms with Crippen molar-refractivity contribution >= 4 is 18.2 Å². The average Bonchev–Trinajstić information content (AvgIpc) is 2.72. The molecule has 0 saturated carbocycles. The highest BCUT2D eigenvalue weighted by Crippen LogP contribution is 2.15. The number of esters is 1. The third-order valence-electron chi connectivity index (χ3n) is 2.51. The molecule has 0 atom stereocenters. The Kier molecular flexibility index (Phi) is 3.47. The Hall–Kier alpha value is -2.08. The number of nitrogens with one attached hydrogen (secondary N) is 2. The van der Waals surface area contributed by atoms with Crippen LogP contribution in [0.4, 0.5) is 0 Å². The first-order valence-electron chi connectivity index (χ1n) is 5.27. The van der Waals surface area contributed by atoms with Crippen LogP contribution in [-0.2, 0) is 11.2 Å². The highest BCUT2D eigenvalue weighted by molar-refractivity contribution is 7.71. The molecular formula is C12H12N2O3S. The predicted octanol–water partition coefficient (Wildman–Crippen LogP) is 2.16. The summed E-state index contributed by atoms with van der Waals surface area (Å²) in [6.07, 6.45) is 0.498. The van der Waals surface area contributed by atoms with Crippen LogP contribution in [0.1, 0.15) is 21.7 Å². The lowest BCUT2D eigenvalue weighted by atomic mass is 10.1. The molecule has 0 aliphatic carbocycles. The Balaban J connectivity index is 2.31. The van der Waals surface area contributed by atoms with Gasteiger partial charge >= 0.3 is 5.97 Å². The summed E-state index contributed by atoms with van der Waals surface area (Å²) in [5.41, 5.74) is 1.94. The number of phenols is 1. The number of carbonyl (C=O) groups is 1. The maximum Gasteiger partial charge on any atom is 0.356 e. The zero-order valence-electron chi connectivity index (χ0n) is 9.69. The molecule has 18 heavy (non-hydrogen) atoms. The maximum absolute atomic E-state index is 11.5. The topological polar surface area (TPSA) is 78.1 Å². The minimum atomic E-state index is -0.462. The minimum Gasteiger partial charge on any atom is -0.508 e. The zero-order chi connectivity index (χ0) is 13.1. The van der Waals surface area contributed by atoms with Gasteiger partial charge in [0, 0.05) is 6.42 Å². The maximum atomic E-state index is 11.5. The fourth-order valence-electron chi connectivity index (χ4n) is 1.65. The summed E-state index contributed by atoms with van der Waals surface area (Å²) in [7, 11) is 1.32. The number of methoxy groups -OCH3 is 1. The average molecular weight is 264 g/mol. The molecule has 0 bridgehead atoms. The number of imidazole rings is 1. The molecular weight excluding hydrogens is 252 g/mol. The molecule has 0 aliphatic rings. The smallest absolute Gasteiger partial charge is 0.356 e. The molecule has 0 aliphatic heterocycles. The molecule has 0 fully saturated rings. The summed E-state index contributed by atoms with van der Waals surface area (Å²) in [4.78, 5) is 17.2. The molecule has 0 saturated heterocycles. The second-order valence-electron chi connectivity index (χ2n) is 3.77. The summed E-state index contributed by atoms with van der Waals surface area (Å²) in [6, 6.07) is 6.74. The Bertz CT molecular complexity index is 613. The summed E-state index contributed by atoms with van der Waals surface area (Å²) < 4.78 is 5.05. The van der Waals surface area contributed by atoms with Gasteiger partial charge in [-0.2, -0.15) is 0 Å². The molecule has 1 heterocycles. The van der Waals surface area contributed by atoms with Crippen LogP contribution in [0.2, 0.25) is 0 Å². The lowest BCUT2D eigenvalue weighted by Gasteiger charge is -2.02. The minimum absolute atomic E-state index is 0.203. The number of aromatic nitrogens is 2. The molecule has 0 radical (unpaired) electrons. The van der Waals surface area contributed by atoms with E-state index in [0.29, 0.717) is 22.6 Å². The SMILES string of the molecule is COC(=O)c1[nH]c(=S)[nH]c1Cc1ccc(O)cc1. The number of benzene rings is 1. The largest absolute Gasteiger partial charge is 0.508 e. The second kappa shape index (κ2) is 5.05. The van der Waals surface area contributed by atoms with Crippen molar-refractivity contribution in [2.45, 2.75) is 6.42 Å². The first-order valence-corrected chi connectivity index (χ1v) is 5.68. The summed E-state index contributed by atoms with van der Waals surface area (Å²) in [5, 5.41) is 9.20. The summed E-state index contributed by atoms with van der Waals surface area (Å²) >= 11 is 4.97. The normalized spacial score (nSPS) is 10.3. The molecule has 0 spiro atoms. The van der Waals surface area contributed by atoms with Crippen molar-refractivity contribution in [3.05, 3.63) is 46.0 Å². The number of H-pyrrole nitrogens is 2. The number of hydrogen-bond acceptors (Lipinski definition) is 4. The third-order valence-corrected chi connectivity index (χ3v) is 2.72. The number of phenolic OH excluding ortho intramolecular Hbond substituents is 1. The van der Waals surface area contributed by atoms with E-state index in [4.69, 9.17) is 12.2 Å². The van der Waals surface area contributed by atoms with Gasteiger partial charge in [-0.25, -0.2) is 4.79 Å². The van der Waals surface area contributed by atoms with E-state index in [1.165, 1.54) is 7.11 Å². The van der Waals surface area contributed by atoms with Gasteiger partial charge in [0.15, 0.2) is 4.77 Å². The van der Waals surface area contributed by atoms with Crippen molar-refractivity contribution in [1.82, 2.24) is 9.97 Å². The molecule has 3 N–H and O–H groups in total. The van der Waals surface area contributed by atoms with Crippen LogP contribution in [0.3, 0.4) is 0 Å². The van der Waals surface area contributed by atoms with Crippen LogP contribution in [0, 0.1) is 4.77 Å². The van der Waals surface area contributed by atoms with Gasteiger partial charge in [0.1, 0.15) is 11.4 Å². The quantitative estimate of drug-likeness (QED) is 0.586. The fourth-order valence-corrected chi connectivity index (χ4v) is 1.87. The van der Waals surface area contributed by atoms with E-state index in [-0.39, 0.29) is 5.75 Å². The molecule has 6 heteroatoms. The first kappa shape index (κ1) is 12.4. The van der Waals surface area contributed by atoms with Crippen molar-refractivity contribution in [1.29, 1.82) is 0 Å². The van der Waals surface area contributed by atoms with Crippen molar-refractivity contribution in [3.8, 4) is 5.75 Å². The highest BCUT2D eigenvalue weighted by atomic mass is 32.1. The molecule has 2 rings (SSSR count). The van der Waals surface area contributed by atoms with Crippen molar-refractivity contribution in [2.24, 2.45) is 0 Å². The van der Waals surface area contributed by atoms with E-state index in [1.807, 2.05) is 0 Å². The van der Waals surface area contributed by atoms with Crippen LogP contribution in [0.5, 0.6) is 5.75 Å². The molecule has 1 aromatic heterocycles. The molecule has 94 valence electrons. The second-order valence-corrected chi connectivity index (χ2v) is 4.18. The van der Waals surface area contributed by atoms with Gasteiger partial charge in [-0.1, -0.05) is 12.1 Å². The Morgan fingerprint density at radius 3 is 2.61 bits per heavy atom. The monoisotopic (exact) mass is 264 g/mol. The van der Waals surface area contributed by atoms with Crippen LogP contribution >= 0.6 is 12.2 Å². The molecule has 5 nitrogen and oxygen atoms in total. The Morgan fingerprint density at radius 2 is 2.00 bits per heavy atom. The number of aromatic hydroxyl groups is 1. The molecule has 1 aromatic carbocycles. The number of aromatic amines is 2. The van der Waals surface area contributed by atoms with Gasteiger partial charge in [-0.05, 0) is 29.9 Å². The lowest BCUT2D eigenvalue weighted by Crippen LogP contribution is -2.06. The molecule has 2 aromatic rings. The van der Waals surface area contributed by atoms with Crippen LogP contribution in [-0.4, -0.2) is 28.2 Å². The van der Waals surface area contributed by atoms with Gasteiger partial charge in [-0.15, -0.1) is 0 Å². The number of carbonyl (C=O) groups excluding carboxylic acids is 1. The Labute approximate surface area is 108 Å². The summed E-state index contributed by atoms with van der Waals surface area (Å²) in [5.74, 6) is -0.259. The van der Waals surface area contributed by atoms with Crippen LogP contribution in [0.15, 0.2) is 24.3 Å². The first-order chi connectivity index (χ1) is 8.60. The number of ether oxygens (including phenoxy) is 1. The predicted molar refractivity (Wildman–Crippen MR) is 68.2 cm³/mol. The van der Waals surface area contributed by atoms with Gasteiger partial charge in [0.05, 0.1) is 12.8 Å². The van der Waals surface area contributed by atoms with Crippen molar-refractivity contribution < 1.29 is 14.6 Å². The highest BCUT2D eigenvalue weighted by Gasteiger charge is 2.14. The standard InChI is InChI=1S/C12H12N2O3S/c1-17-11(16)10-9(13-12(18)14-10)6-7-2-4-8(15)5-3-7/h2-5,15H,6H2,1H3,(H2,13,14,18). The summed E-state index contributed by atoms with van der Waals surface area (Å²) in [6.45, 7) is 0. The van der Waals surface area contributed by atoms with E-state index in [1.54, 1.807) is 24.3 Å². The fraction of sp³-hybridized carbons (Fsp3) is 0.167. The van der Waals surface area contributed by atoms with Gasteiger partial charge < -0.3 is 19.8 Å². The van der Waals surface area contributed by atoms with E-state index in [2.05, 4.69) is 14.7 Å². The third kappa shape index (κ3) is 2.60. The van der Waals surface area contributed by atoms with E-state index < -0.39 is 5.97 Å². The molecule has 0 amide bonds. The van der Waals surface area contributed by atoms with Crippen LogP contribution in [0.25, 0.3) is 0 Å². The van der Waals surface area contributed by atoms with Gasteiger partial charge in [-0.3, -0.25) is 0 Å². The van der Waals surface area contributed by atoms with Crippen molar-refractivity contribution in [3.63, 3.8) is 0 Å². The molecule has 0 unspecified atom stereocenters. The van der Waals surface area contributed by atoms with E-state index in [9.17, 15) is 9.90 Å². The zero-order valence-corrected chi connectivity index (χ0v) is 10.5. The van der Waals surface area contributed by atoms with Crippen LogP contribution < -0.4 is 0 Å². The number of hydrogen-bond donors (Lipinski definition) is 3. The van der Waals surface area contributed by atoms with E-state index >= 15 is 0 Å². The van der Waals surface area contributed by atoms with Crippen molar-refractivity contribution in [2.75, 3.05) is 7.11 Å². The van der Waals surface area contributed by atoms with E-state index in [0.717, 1.165) is 5.56 Å². The van der Waals surface area contributed by atoms with Gasteiger partial charge in [0.25, 0.3) is 0 Å².